The number of fused-ring (bicyclic) bond motifs is 1. The predicted molar refractivity (Wildman–Crippen MR) is 99.3 cm³/mol. The van der Waals surface area contributed by atoms with Crippen LogP contribution in [0.3, 0.4) is 0 Å². The third-order valence-electron chi connectivity index (χ3n) is 4.37. The van der Waals surface area contributed by atoms with Crippen LogP contribution in [0.5, 0.6) is 11.5 Å². The van der Waals surface area contributed by atoms with E-state index < -0.39 is 0 Å². The zero-order valence-corrected chi connectivity index (χ0v) is 14.8. The van der Waals surface area contributed by atoms with Gasteiger partial charge in [-0.3, -0.25) is 0 Å². The summed E-state index contributed by atoms with van der Waals surface area (Å²) in [5, 5.41) is 8.96. The molecule has 0 aliphatic carbocycles. The highest BCUT2D eigenvalue weighted by Crippen LogP contribution is 2.39. The van der Waals surface area contributed by atoms with Crippen LogP contribution in [0.2, 0.25) is 5.02 Å². The number of halogens is 1. The molecule has 3 aromatic rings. The zero-order chi connectivity index (χ0) is 17.4. The van der Waals surface area contributed by atoms with Gasteiger partial charge in [0, 0.05) is 28.8 Å². The van der Waals surface area contributed by atoms with E-state index in [1.165, 1.54) is 5.56 Å². The third kappa shape index (κ3) is 2.70. The molecule has 1 aromatic heterocycles. The monoisotopic (exact) mass is 355 g/mol. The maximum absolute atomic E-state index is 6.16. The van der Waals surface area contributed by atoms with Crippen LogP contribution in [0.4, 0.5) is 5.82 Å². The number of ether oxygens (including phenoxy) is 2. The van der Waals surface area contributed by atoms with Crippen molar-refractivity contribution < 1.29 is 9.47 Å². The maximum Gasteiger partial charge on any atom is 0.133 e. The van der Waals surface area contributed by atoms with E-state index in [1.807, 2.05) is 47.1 Å². The van der Waals surface area contributed by atoms with Crippen molar-refractivity contribution in [2.75, 3.05) is 26.1 Å². The van der Waals surface area contributed by atoms with Gasteiger partial charge in [-0.2, -0.15) is 5.10 Å². The number of methoxy groups -OCH3 is 2. The van der Waals surface area contributed by atoms with E-state index in [0.29, 0.717) is 5.02 Å². The zero-order valence-electron chi connectivity index (χ0n) is 14.0. The number of rotatable bonds is 4. The van der Waals surface area contributed by atoms with Crippen molar-refractivity contribution in [2.45, 2.75) is 6.42 Å². The largest absolute Gasteiger partial charge is 0.497 e. The van der Waals surface area contributed by atoms with Gasteiger partial charge in [-0.15, -0.1) is 0 Å². The molecule has 25 heavy (non-hydrogen) atoms. The first-order valence-corrected chi connectivity index (χ1v) is 8.43. The van der Waals surface area contributed by atoms with Crippen LogP contribution in [-0.4, -0.2) is 30.5 Å². The molecule has 0 saturated heterocycles. The second kappa shape index (κ2) is 6.33. The molecule has 0 radical (unpaired) electrons. The molecule has 0 fully saturated rings. The van der Waals surface area contributed by atoms with Crippen molar-refractivity contribution in [3.63, 3.8) is 0 Å². The highest BCUT2D eigenvalue weighted by atomic mass is 35.5. The van der Waals surface area contributed by atoms with Crippen LogP contribution in [0.1, 0.15) is 5.56 Å². The van der Waals surface area contributed by atoms with Gasteiger partial charge in [-0.05, 0) is 36.8 Å². The van der Waals surface area contributed by atoms with E-state index in [0.717, 1.165) is 47.2 Å². The number of hydrogen-bond acceptors (Lipinski definition) is 4. The summed E-state index contributed by atoms with van der Waals surface area (Å²) in [6.07, 6.45) is 0.917. The highest BCUT2D eigenvalue weighted by Gasteiger charge is 2.25. The molecule has 2 heterocycles. The Labute approximate surface area is 151 Å². The summed E-state index contributed by atoms with van der Waals surface area (Å²) in [5.74, 6) is 2.50. The fraction of sp³-hybridized carbons (Fsp3) is 0.211. The first-order valence-electron chi connectivity index (χ1n) is 8.05. The first kappa shape index (κ1) is 15.8. The predicted octanol–water partition coefficient (Wildman–Crippen LogP) is 4.18. The van der Waals surface area contributed by atoms with Crippen molar-refractivity contribution in [3.8, 4) is 28.4 Å². The number of benzene rings is 2. The molecule has 0 spiro atoms. The highest BCUT2D eigenvalue weighted by molar-refractivity contribution is 6.30. The molecule has 6 heteroatoms. The SMILES string of the molecule is COc1ccc(-c2nn(-c3cccc(Cl)c3)c3c2CCN3)c(OC)c1. The van der Waals surface area contributed by atoms with Crippen molar-refractivity contribution in [3.05, 3.63) is 53.1 Å². The van der Waals surface area contributed by atoms with Crippen LogP contribution >= 0.6 is 11.6 Å². The topological polar surface area (TPSA) is 48.3 Å². The van der Waals surface area contributed by atoms with Crippen molar-refractivity contribution in [1.29, 1.82) is 0 Å². The standard InChI is InChI=1S/C19H18ClN3O2/c1-24-14-6-7-15(17(11-14)25-2)18-16-8-9-21-19(16)23(22-18)13-5-3-4-12(20)10-13/h3-7,10-11,21H,8-9H2,1-2H3. The fourth-order valence-electron chi connectivity index (χ4n) is 3.18. The Morgan fingerprint density at radius 3 is 2.76 bits per heavy atom. The molecule has 1 N–H and O–H groups in total. The first-order chi connectivity index (χ1) is 12.2. The Kier molecular flexibility index (Phi) is 4.01. The summed E-state index contributed by atoms with van der Waals surface area (Å²) in [5.41, 5.74) is 3.98. The van der Waals surface area contributed by atoms with Crippen molar-refractivity contribution in [2.24, 2.45) is 0 Å². The van der Waals surface area contributed by atoms with Crippen molar-refractivity contribution >= 4 is 17.4 Å². The summed E-state index contributed by atoms with van der Waals surface area (Å²) in [6.45, 7) is 0.888. The molecule has 0 unspecified atom stereocenters. The smallest absolute Gasteiger partial charge is 0.133 e. The van der Waals surface area contributed by atoms with Crippen LogP contribution in [0.15, 0.2) is 42.5 Å². The van der Waals surface area contributed by atoms with Crippen LogP contribution < -0.4 is 14.8 Å². The number of aromatic nitrogens is 2. The lowest BCUT2D eigenvalue weighted by molar-refractivity contribution is 0.395. The van der Waals surface area contributed by atoms with E-state index in [9.17, 15) is 0 Å². The van der Waals surface area contributed by atoms with Gasteiger partial charge in [0.1, 0.15) is 23.0 Å². The molecule has 1 aliphatic rings. The Balaban J connectivity index is 1.89. The van der Waals surface area contributed by atoms with E-state index in [1.54, 1.807) is 14.2 Å². The van der Waals surface area contributed by atoms with E-state index >= 15 is 0 Å². The molecule has 0 amide bonds. The lowest BCUT2D eigenvalue weighted by Gasteiger charge is -2.10. The second-order valence-electron chi connectivity index (χ2n) is 5.81. The molecule has 4 rings (SSSR count). The quantitative estimate of drug-likeness (QED) is 0.762. The summed E-state index contributed by atoms with van der Waals surface area (Å²) in [6, 6.07) is 13.5. The van der Waals surface area contributed by atoms with E-state index in [2.05, 4.69) is 5.32 Å². The molecule has 0 atom stereocenters. The van der Waals surface area contributed by atoms with E-state index in [-0.39, 0.29) is 0 Å². The Bertz CT molecular complexity index is 936. The third-order valence-corrected chi connectivity index (χ3v) is 4.60. The molecule has 0 bridgehead atoms. The molecule has 2 aromatic carbocycles. The van der Waals surface area contributed by atoms with Crippen molar-refractivity contribution in [1.82, 2.24) is 9.78 Å². The lowest BCUT2D eigenvalue weighted by atomic mass is 10.1. The van der Waals surface area contributed by atoms with Gasteiger partial charge in [0.25, 0.3) is 0 Å². The Morgan fingerprint density at radius 1 is 1.12 bits per heavy atom. The summed E-state index contributed by atoms with van der Waals surface area (Å²) < 4.78 is 12.8. The summed E-state index contributed by atoms with van der Waals surface area (Å²) in [4.78, 5) is 0. The number of nitrogens with one attached hydrogen (secondary N) is 1. The Morgan fingerprint density at radius 2 is 2.00 bits per heavy atom. The Hall–Kier alpha value is -2.66. The van der Waals surface area contributed by atoms with Gasteiger partial charge >= 0.3 is 0 Å². The second-order valence-corrected chi connectivity index (χ2v) is 6.25. The van der Waals surface area contributed by atoms with Gasteiger partial charge < -0.3 is 14.8 Å². The molecule has 1 aliphatic heterocycles. The number of nitrogens with zero attached hydrogens (tertiary/aromatic N) is 2. The lowest BCUT2D eigenvalue weighted by Crippen LogP contribution is -2.04. The molecule has 5 nitrogen and oxygen atoms in total. The molecular weight excluding hydrogens is 338 g/mol. The fourth-order valence-corrected chi connectivity index (χ4v) is 3.36. The van der Waals surface area contributed by atoms with Gasteiger partial charge in [-0.25, -0.2) is 4.68 Å². The van der Waals surface area contributed by atoms with Crippen LogP contribution in [0, 0.1) is 0 Å². The van der Waals surface area contributed by atoms with Gasteiger partial charge in [0.05, 0.1) is 19.9 Å². The number of hydrogen-bond donors (Lipinski definition) is 1. The molecule has 0 saturated carbocycles. The van der Waals surface area contributed by atoms with Crippen LogP contribution in [0.25, 0.3) is 16.9 Å². The maximum atomic E-state index is 6.16. The normalized spacial score (nSPS) is 12.6. The van der Waals surface area contributed by atoms with Gasteiger partial charge in [-0.1, -0.05) is 17.7 Å². The van der Waals surface area contributed by atoms with Crippen LogP contribution in [-0.2, 0) is 6.42 Å². The summed E-state index contributed by atoms with van der Waals surface area (Å²) >= 11 is 6.16. The molecular formula is C19H18ClN3O2. The minimum atomic E-state index is 0.684. The van der Waals surface area contributed by atoms with E-state index in [4.69, 9.17) is 26.2 Å². The average molecular weight is 356 g/mol. The molecule has 128 valence electrons. The number of anilines is 1. The average Bonchev–Trinajstić information content (AvgIpc) is 3.23. The summed E-state index contributed by atoms with van der Waals surface area (Å²) in [7, 11) is 3.30. The minimum Gasteiger partial charge on any atom is -0.497 e. The van der Waals surface area contributed by atoms with Gasteiger partial charge in [0.15, 0.2) is 0 Å². The minimum absolute atomic E-state index is 0.684. The van der Waals surface area contributed by atoms with Gasteiger partial charge in [0.2, 0.25) is 0 Å².